The van der Waals surface area contributed by atoms with Gasteiger partial charge in [-0.05, 0) is 73.9 Å². The van der Waals surface area contributed by atoms with Crippen LogP contribution in [0.1, 0.15) is 29.2 Å². The largest absolute Gasteiger partial charge is 0.490 e. The average Bonchev–Trinajstić information content (AvgIpc) is 2.94. The van der Waals surface area contributed by atoms with E-state index in [9.17, 15) is 37.7 Å². The molecular weight excluding hydrogens is 607 g/mol. The van der Waals surface area contributed by atoms with Gasteiger partial charge in [0.2, 0.25) is 5.75 Å². The van der Waals surface area contributed by atoms with E-state index in [4.69, 9.17) is 21.1 Å². The molecule has 1 saturated heterocycles. The number of carbonyl (C=O) groups excluding carboxylic acids is 3. The Kier molecular flexibility index (Phi) is 9.09. The molecule has 10 nitrogen and oxygen atoms in total. The van der Waals surface area contributed by atoms with Gasteiger partial charge >= 0.3 is 17.9 Å². The molecule has 1 aliphatic rings. The van der Waals surface area contributed by atoms with Crippen LogP contribution in [-0.4, -0.2) is 29.4 Å². The highest BCUT2D eigenvalue weighted by molar-refractivity contribution is 6.40. The van der Waals surface area contributed by atoms with Crippen LogP contribution in [0.2, 0.25) is 5.02 Å². The van der Waals surface area contributed by atoms with Crippen LogP contribution in [-0.2, 0) is 22.2 Å². The second-order valence-corrected chi connectivity index (χ2v) is 9.72. The van der Waals surface area contributed by atoms with Crippen molar-refractivity contribution in [3.05, 3.63) is 104 Å². The number of alkyl halides is 3. The molecule has 0 unspecified atom stereocenters. The number of nitro benzene ring substituents is 1. The topological polar surface area (TPSA) is 128 Å². The highest BCUT2D eigenvalue weighted by Crippen LogP contribution is 2.43. The lowest BCUT2D eigenvalue weighted by atomic mass is 10.0. The Morgan fingerprint density at radius 3 is 2.48 bits per heavy atom. The Labute approximate surface area is 253 Å². The molecule has 1 fully saturated rings. The van der Waals surface area contributed by atoms with E-state index in [-0.39, 0.29) is 35.8 Å². The van der Waals surface area contributed by atoms with E-state index in [0.29, 0.717) is 28.3 Å². The van der Waals surface area contributed by atoms with Gasteiger partial charge in [0.05, 0.1) is 22.8 Å². The summed E-state index contributed by atoms with van der Waals surface area (Å²) in [6, 6.07) is 8.35. The molecule has 14 heteroatoms. The average molecular weight is 630 g/mol. The molecule has 0 saturated carbocycles. The number of nitrogens with one attached hydrogen (secondary N) is 1. The summed E-state index contributed by atoms with van der Waals surface area (Å²) in [5.41, 5.74) is -1.40. The van der Waals surface area contributed by atoms with Gasteiger partial charge in [-0.25, -0.2) is 9.69 Å². The Balaban J connectivity index is 1.82. The van der Waals surface area contributed by atoms with Crippen molar-refractivity contribution < 1.29 is 42.0 Å². The molecular formula is C30H23ClF3N3O7. The van der Waals surface area contributed by atoms with E-state index in [1.165, 1.54) is 30.4 Å². The lowest BCUT2D eigenvalue weighted by molar-refractivity contribution is -0.385. The van der Waals surface area contributed by atoms with Crippen molar-refractivity contribution in [1.82, 2.24) is 5.32 Å². The number of imide groups is 2. The van der Waals surface area contributed by atoms with E-state index in [2.05, 4.69) is 11.9 Å². The van der Waals surface area contributed by atoms with E-state index in [1.807, 2.05) is 0 Å². The summed E-state index contributed by atoms with van der Waals surface area (Å²) in [5.74, 6) is -2.40. The highest BCUT2D eigenvalue weighted by Gasteiger charge is 2.38. The number of anilines is 1. The number of hydrogen-bond acceptors (Lipinski definition) is 7. The van der Waals surface area contributed by atoms with Gasteiger partial charge in [0.25, 0.3) is 11.8 Å². The first-order chi connectivity index (χ1) is 20.8. The Morgan fingerprint density at radius 1 is 1.11 bits per heavy atom. The summed E-state index contributed by atoms with van der Waals surface area (Å²) in [7, 11) is 0. The molecule has 0 bridgehead atoms. The zero-order valence-corrected chi connectivity index (χ0v) is 23.9. The number of urea groups is 1. The number of rotatable bonds is 9. The molecule has 228 valence electrons. The summed E-state index contributed by atoms with van der Waals surface area (Å²) < 4.78 is 51.1. The van der Waals surface area contributed by atoms with Gasteiger partial charge < -0.3 is 9.47 Å². The molecule has 3 aromatic rings. The van der Waals surface area contributed by atoms with E-state index in [1.54, 1.807) is 26.0 Å². The normalized spacial score (nSPS) is 14.5. The van der Waals surface area contributed by atoms with Crippen LogP contribution < -0.4 is 19.7 Å². The van der Waals surface area contributed by atoms with Crippen LogP contribution in [0.4, 0.5) is 29.3 Å². The van der Waals surface area contributed by atoms with E-state index >= 15 is 0 Å². The minimum atomic E-state index is -4.82. The minimum Gasteiger partial charge on any atom is -0.490 e. The molecule has 4 amide bonds. The summed E-state index contributed by atoms with van der Waals surface area (Å²) in [5, 5.41) is 14.1. The number of hydrogen-bond donors (Lipinski definition) is 1. The molecule has 44 heavy (non-hydrogen) atoms. The van der Waals surface area contributed by atoms with Gasteiger partial charge in [0.1, 0.15) is 5.57 Å². The molecule has 4 rings (SSSR count). The van der Waals surface area contributed by atoms with Gasteiger partial charge in [-0.2, -0.15) is 13.2 Å². The predicted octanol–water partition coefficient (Wildman–Crippen LogP) is 7.16. The molecule has 1 N–H and O–H groups in total. The monoisotopic (exact) mass is 629 g/mol. The number of nitro groups is 1. The van der Waals surface area contributed by atoms with Crippen molar-refractivity contribution in [3.8, 4) is 17.2 Å². The fraction of sp³-hybridized carbons (Fsp3) is 0.167. The summed E-state index contributed by atoms with van der Waals surface area (Å²) in [4.78, 5) is 50.3. The van der Waals surface area contributed by atoms with Crippen molar-refractivity contribution in [2.24, 2.45) is 0 Å². The zero-order chi connectivity index (χ0) is 32.3. The van der Waals surface area contributed by atoms with Gasteiger partial charge in [-0.3, -0.25) is 25.0 Å². The lowest BCUT2D eigenvalue weighted by Crippen LogP contribution is -2.54. The molecule has 0 aliphatic carbocycles. The first-order valence-corrected chi connectivity index (χ1v) is 13.2. The van der Waals surface area contributed by atoms with Crippen molar-refractivity contribution in [3.63, 3.8) is 0 Å². The SMILES string of the molecule is C=CCc1cc(/C=C2\C(=O)NC(=O)N(c3cccc(Cl)c3C)C2=O)cc(OCC)c1Oc1ccc(C(F)(F)F)cc1[N+](=O)[O-]. The van der Waals surface area contributed by atoms with Gasteiger partial charge in [0, 0.05) is 16.7 Å². The molecule has 0 spiro atoms. The lowest BCUT2D eigenvalue weighted by Gasteiger charge is -2.27. The predicted molar refractivity (Wildman–Crippen MR) is 155 cm³/mol. The smallest absolute Gasteiger partial charge is 0.416 e. The number of halogens is 4. The molecule has 0 radical (unpaired) electrons. The fourth-order valence-electron chi connectivity index (χ4n) is 4.37. The van der Waals surface area contributed by atoms with Crippen LogP contribution in [0.3, 0.4) is 0 Å². The molecule has 1 aliphatic heterocycles. The number of barbiturate groups is 1. The van der Waals surface area contributed by atoms with Gasteiger partial charge in [0.15, 0.2) is 11.5 Å². The first-order valence-electron chi connectivity index (χ1n) is 12.9. The number of carbonyl (C=O) groups is 3. The third-order valence-electron chi connectivity index (χ3n) is 6.41. The summed E-state index contributed by atoms with van der Waals surface area (Å²) in [6.07, 6.45) is -2.04. The Bertz CT molecular complexity index is 1740. The number of ether oxygens (including phenoxy) is 2. The zero-order valence-electron chi connectivity index (χ0n) is 23.2. The maximum atomic E-state index is 13.5. The van der Waals surface area contributed by atoms with Crippen LogP contribution in [0, 0.1) is 17.0 Å². The highest BCUT2D eigenvalue weighted by atomic mass is 35.5. The minimum absolute atomic E-state index is 0.00943. The molecule has 0 aromatic heterocycles. The quantitative estimate of drug-likeness (QED) is 0.0874. The summed E-state index contributed by atoms with van der Waals surface area (Å²) in [6.45, 7) is 7.00. The van der Waals surface area contributed by atoms with Crippen LogP contribution in [0.5, 0.6) is 17.2 Å². The van der Waals surface area contributed by atoms with E-state index < -0.39 is 51.5 Å². The van der Waals surface area contributed by atoms with Crippen molar-refractivity contribution >= 4 is 46.9 Å². The second-order valence-electron chi connectivity index (χ2n) is 9.31. The van der Waals surface area contributed by atoms with Crippen LogP contribution in [0.25, 0.3) is 6.08 Å². The van der Waals surface area contributed by atoms with Gasteiger partial charge in [-0.1, -0.05) is 23.7 Å². The van der Waals surface area contributed by atoms with Crippen molar-refractivity contribution in [2.45, 2.75) is 26.4 Å². The number of nitrogens with zero attached hydrogens (tertiary/aromatic N) is 2. The fourth-order valence-corrected chi connectivity index (χ4v) is 4.54. The first kappa shape index (κ1) is 31.8. The van der Waals surface area contributed by atoms with E-state index in [0.717, 1.165) is 11.0 Å². The van der Waals surface area contributed by atoms with Crippen molar-refractivity contribution in [2.75, 3.05) is 11.5 Å². The van der Waals surface area contributed by atoms with Gasteiger partial charge in [-0.15, -0.1) is 6.58 Å². The number of amides is 4. The second kappa shape index (κ2) is 12.6. The third-order valence-corrected chi connectivity index (χ3v) is 6.82. The van der Waals surface area contributed by atoms with Crippen molar-refractivity contribution in [1.29, 1.82) is 0 Å². The van der Waals surface area contributed by atoms with Crippen LogP contribution >= 0.6 is 11.6 Å². The molecule has 0 atom stereocenters. The maximum Gasteiger partial charge on any atom is 0.416 e. The number of benzene rings is 3. The molecule has 1 heterocycles. The standard InChI is InChI=1S/C30H23ClF3N3O7/c1-4-7-18-12-17(13-20-27(38)35-29(40)36(28(20)39)22-9-6-8-21(31)16(22)3)14-25(43-5-2)26(18)44-24-11-10-19(30(32,33)34)15-23(24)37(41)42/h4,6,8-15H,1,5,7H2,2-3H3,(H,35,38,40)/b20-13+. The maximum absolute atomic E-state index is 13.5. The Hall–Kier alpha value is -5.17. The number of allylic oxidation sites excluding steroid dienone is 1. The molecule has 3 aromatic carbocycles. The van der Waals surface area contributed by atoms with Crippen LogP contribution in [0.15, 0.2) is 66.8 Å². The summed E-state index contributed by atoms with van der Waals surface area (Å²) >= 11 is 6.17. The third kappa shape index (κ3) is 6.42. The Morgan fingerprint density at radius 2 is 1.84 bits per heavy atom.